The van der Waals surface area contributed by atoms with Crippen molar-refractivity contribution in [2.24, 2.45) is 0 Å². The van der Waals surface area contributed by atoms with Gasteiger partial charge >= 0.3 is 0 Å². The fourth-order valence-corrected chi connectivity index (χ4v) is 2.09. The molecule has 5 heteroatoms. The molecule has 0 saturated carbocycles. The zero-order valence-electron chi connectivity index (χ0n) is 9.06. The third-order valence-electron chi connectivity index (χ3n) is 3.10. The Morgan fingerprint density at radius 2 is 2.13 bits per heavy atom. The lowest BCUT2D eigenvalue weighted by molar-refractivity contribution is -0.139. The molecule has 0 radical (unpaired) electrons. The molecule has 1 atom stereocenters. The highest BCUT2D eigenvalue weighted by Gasteiger charge is 2.44. The molecule has 2 saturated heterocycles. The van der Waals surface area contributed by atoms with E-state index in [0.717, 1.165) is 19.5 Å². The second-order valence-corrected chi connectivity index (χ2v) is 4.79. The van der Waals surface area contributed by atoms with Crippen molar-refractivity contribution in [3.8, 4) is 0 Å². The molecule has 0 aromatic carbocycles. The number of hydrogen-bond acceptors (Lipinski definition) is 3. The van der Waals surface area contributed by atoms with E-state index in [0.29, 0.717) is 13.2 Å². The smallest absolute Gasteiger partial charge is 0.272 e. The summed E-state index contributed by atoms with van der Waals surface area (Å²) in [5.74, 6) is -2.45. The van der Waals surface area contributed by atoms with Crippen molar-refractivity contribution in [3.05, 3.63) is 0 Å². The second-order valence-electron chi connectivity index (χ2n) is 4.79. The fraction of sp³-hybridized carbons (Fsp3) is 1.00. The van der Waals surface area contributed by atoms with E-state index >= 15 is 0 Å². The Hall–Kier alpha value is -0.260. The molecule has 2 heterocycles. The van der Waals surface area contributed by atoms with Crippen LogP contribution in [-0.4, -0.2) is 55.8 Å². The molecule has 0 spiro atoms. The maximum absolute atomic E-state index is 12.6. The van der Waals surface area contributed by atoms with Crippen LogP contribution in [0.3, 0.4) is 0 Å². The Kier molecular flexibility index (Phi) is 2.96. The number of morpholine rings is 1. The molecule has 88 valence electrons. The number of alkyl halides is 2. The van der Waals surface area contributed by atoms with E-state index in [1.54, 1.807) is 4.90 Å². The van der Waals surface area contributed by atoms with E-state index in [1.165, 1.54) is 0 Å². The molecule has 0 bridgehead atoms. The summed E-state index contributed by atoms with van der Waals surface area (Å²) in [6.45, 7) is 4.99. The lowest BCUT2D eigenvalue weighted by Gasteiger charge is -2.42. The van der Waals surface area contributed by atoms with Crippen LogP contribution in [0.15, 0.2) is 0 Å². The van der Waals surface area contributed by atoms with Crippen LogP contribution in [0.5, 0.6) is 0 Å². The number of nitrogens with one attached hydrogen (secondary N) is 1. The van der Waals surface area contributed by atoms with Crippen molar-refractivity contribution in [2.75, 3.05) is 39.3 Å². The molecule has 15 heavy (non-hydrogen) atoms. The largest absolute Gasteiger partial charge is 0.373 e. The minimum absolute atomic E-state index is 0.0868. The SMILES string of the molecule is CC1(CCN2CC(F)(F)C2)CNCCO1. The van der Waals surface area contributed by atoms with Crippen LogP contribution in [0.4, 0.5) is 8.78 Å². The van der Waals surface area contributed by atoms with Crippen molar-refractivity contribution < 1.29 is 13.5 Å². The highest BCUT2D eigenvalue weighted by molar-refractivity contribution is 4.89. The maximum atomic E-state index is 12.6. The van der Waals surface area contributed by atoms with Gasteiger partial charge in [-0.15, -0.1) is 0 Å². The minimum Gasteiger partial charge on any atom is -0.373 e. The Bertz CT molecular complexity index is 221. The van der Waals surface area contributed by atoms with Crippen LogP contribution in [0.1, 0.15) is 13.3 Å². The lowest BCUT2D eigenvalue weighted by Crippen LogP contribution is -2.58. The summed E-state index contributed by atoms with van der Waals surface area (Å²) in [6, 6.07) is 0. The quantitative estimate of drug-likeness (QED) is 0.758. The Balaban J connectivity index is 1.69. The molecular formula is C10H18F2N2O. The summed E-state index contributed by atoms with van der Waals surface area (Å²) in [4.78, 5) is 1.78. The number of ether oxygens (including phenoxy) is 1. The summed E-state index contributed by atoms with van der Waals surface area (Å²) < 4.78 is 30.8. The van der Waals surface area contributed by atoms with Crippen LogP contribution >= 0.6 is 0 Å². The van der Waals surface area contributed by atoms with E-state index in [9.17, 15) is 8.78 Å². The fourth-order valence-electron chi connectivity index (χ4n) is 2.09. The third-order valence-corrected chi connectivity index (χ3v) is 3.10. The van der Waals surface area contributed by atoms with E-state index in [2.05, 4.69) is 5.32 Å². The van der Waals surface area contributed by atoms with Crippen LogP contribution in [0.25, 0.3) is 0 Å². The first-order valence-electron chi connectivity index (χ1n) is 5.44. The van der Waals surface area contributed by atoms with Gasteiger partial charge in [0.15, 0.2) is 0 Å². The van der Waals surface area contributed by atoms with Gasteiger partial charge in [0.25, 0.3) is 5.92 Å². The molecule has 3 nitrogen and oxygen atoms in total. The van der Waals surface area contributed by atoms with Gasteiger partial charge in [-0.3, -0.25) is 4.90 Å². The van der Waals surface area contributed by atoms with Crippen molar-refractivity contribution in [3.63, 3.8) is 0 Å². The topological polar surface area (TPSA) is 24.5 Å². The molecule has 2 aliphatic rings. The summed E-state index contributed by atoms with van der Waals surface area (Å²) in [5, 5.41) is 3.26. The minimum atomic E-state index is -2.45. The first-order chi connectivity index (χ1) is 6.99. The predicted molar refractivity (Wildman–Crippen MR) is 53.2 cm³/mol. The van der Waals surface area contributed by atoms with Crippen LogP contribution < -0.4 is 5.32 Å². The molecule has 0 aromatic heterocycles. The molecule has 1 unspecified atom stereocenters. The summed E-state index contributed by atoms with van der Waals surface area (Å²) in [5.41, 5.74) is -0.177. The summed E-state index contributed by atoms with van der Waals surface area (Å²) in [7, 11) is 0. The highest BCUT2D eigenvalue weighted by Crippen LogP contribution is 2.28. The van der Waals surface area contributed by atoms with Crippen molar-refractivity contribution in [1.29, 1.82) is 0 Å². The Labute approximate surface area is 88.8 Å². The van der Waals surface area contributed by atoms with E-state index in [1.807, 2.05) is 6.92 Å². The zero-order valence-corrected chi connectivity index (χ0v) is 9.06. The average molecular weight is 220 g/mol. The van der Waals surface area contributed by atoms with Gasteiger partial charge in [-0.25, -0.2) is 8.78 Å². The highest BCUT2D eigenvalue weighted by atomic mass is 19.3. The van der Waals surface area contributed by atoms with Crippen molar-refractivity contribution in [1.82, 2.24) is 10.2 Å². The molecule has 2 aliphatic heterocycles. The van der Waals surface area contributed by atoms with Gasteiger partial charge in [0.1, 0.15) is 0 Å². The number of hydrogen-bond donors (Lipinski definition) is 1. The van der Waals surface area contributed by atoms with Crippen molar-refractivity contribution >= 4 is 0 Å². The Morgan fingerprint density at radius 3 is 2.67 bits per heavy atom. The summed E-state index contributed by atoms with van der Waals surface area (Å²) in [6.07, 6.45) is 0.816. The lowest BCUT2D eigenvalue weighted by atomic mass is 9.99. The first-order valence-corrected chi connectivity index (χ1v) is 5.44. The van der Waals surface area contributed by atoms with Gasteiger partial charge in [0.2, 0.25) is 0 Å². The molecule has 0 aromatic rings. The molecule has 1 N–H and O–H groups in total. The van der Waals surface area contributed by atoms with Gasteiger partial charge in [-0.2, -0.15) is 0 Å². The summed E-state index contributed by atoms with van der Waals surface area (Å²) >= 11 is 0. The van der Waals surface area contributed by atoms with Gasteiger partial charge in [-0.05, 0) is 13.3 Å². The van der Waals surface area contributed by atoms with Gasteiger partial charge in [0, 0.05) is 19.6 Å². The molecule has 2 fully saturated rings. The van der Waals surface area contributed by atoms with Crippen LogP contribution in [0, 0.1) is 0 Å². The standard InChI is InChI=1S/C10H18F2N2O/c1-9(6-13-3-5-15-9)2-4-14-7-10(11,12)8-14/h13H,2-8H2,1H3. The number of likely N-dealkylation sites (tertiary alicyclic amines) is 1. The van der Waals surface area contributed by atoms with Crippen LogP contribution in [-0.2, 0) is 4.74 Å². The van der Waals surface area contributed by atoms with E-state index < -0.39 is 5.92 Å². The molecular weight excluding hydrogens is 202 g/mol. The monoisotopic (exact) mass is 220 g/mol. The van der Waals surface area contributed by atoms with Gasteiger partial charge < -0.3 is 10.1 Å². The van der Waals surface area contributed by atoms with Gasteiger partial charge in [-0.1, -0.05) is 0 Å². The molecule has 0 aliphatic carbocycles. The number of rotatable bonds is 3. The van der Waals surface area contributed by atoms with Crippen LogP contribution in [0.2, 0.25) is 0 Å². The van der Waals surface area contributed by atoms with E-state index in [-0.39, 0.29) is 18.7 Å². The first kappa shape index (κ1) is 11.2. The zero-order chi connectivity index (χ0) is 10.9. The van der Waals surface area contributed by atoms with Gasteiger partial charge in [0.05, 0.1) is 25.3 Å². The van der Waals surface area contributed by atoms with Crippen molar-refractivity contribution in [2.45, 2.75) is 24.9 Å². The third kappa shape index (κ3) is 2.86. The number of halogens is 2. The second kappa shape index (κ2) is 3.96. The predicted octanol–water partition coefficient (Wildman–Crippen LogP) is 0.706. The number of nitrogens with zero attached hydrogens (tertiary/aromatic N) is 1. The maximum Gasteiger partial charge on any atom is 0.272 e. The molecule has 0 amide bonds. The molecule has 2 rings (SSSR count). The normalized spacial score (nSPS) is 36.2. The average Bonchev–Trinajstić information content (AvgIpc) is 2.13. The Morgan fingerprint density at radius 1 is 1.40 bits per heavy atom. The van der Waals surface area contributed by atoms with E-state index in [4.69, 9.17) is 4.74 Å².